The minimum Gasteiger partial charge on any atom is -0.307 e. The summed E-state index contributed by atoms with van der Waals surface area (Å²) in [6.45, 7) is 6.90. The lowest BCUT2D eigenvalue weighted by Gasteiger charge is -2.25. The van der Waals surface area contributed by atoms with Crippen LogP contribution >= 0.6 is 12.6 Å². The highest BCUT2D eigenvalue weighted by atomic mass is 32.1. The Kier molecular flexibility index (Phi) is 4.17. The second-order valence-electron chi connectivity index (χ2n) is 4.43. The summed E-state index contributed by atoms with van der Waals surface area (Å²) in [6, 6.07) is 5.30. The second kappa shape index (κ2) is 4.99. The first kappa shape index (κ1) is 12.5. The van der Waals surface area contributed by atoms with Crippen LogP contribution in [-0.2, 0) is 5.41 Å². The molecular formula is C12H18FNS. The third-order valence-corrected chi connectivity index (χ3v) is 2.84. The third-order valence-electron chi connectivity index (χ3n) is 2.62. The van der Waals surface area contributed by atoms with Gasteiger partial charge in [-0.05, 0) is 24.1 Å². The fourth-order valence-corrected chi connectivity index (χ4v) is 1.65. The van der Waals surface area contributed by atoms with Gasteiger partial charge in [0, 0.05) is 17.8 Å². The van der Waals surface area contributed by atoms with Crippen molar-refractivity contribution in [2.45, 2.75) is 26.2 Å². The number of rotatable bonds is 4. The standard InChI is InChI=1S/C12H18FNS/c1-9-6-10(4-5-11(9)13)12(2,3)7-14-8-15/h4-6,14-15H,7-8H2,1-3H3. The van der Waals surface area contributed by atoms with E-state index in [1.54, 1.807) is 6.92 Å². The van der Waals surface area contributed by atoms with E-state index < -0.39 is 0 Å². The lowest BCUT2D eigenvalue weighted by Crippen LogP contribution is -2.32. The molecule has 1 N–H and O–H groups in total. The highest BCUT2D eigenvalue weighted by molar-refractivity contribution is 7.80. The average molecular weight is 227 g/mol. The van der Waals surface area contributed by atoms with Crippen LogP contribution in [0.3, 0.4) is 0 Å². The topological polar surface area (TPSA) is 12.0 Å². The highest BCUT2D eigenvalue weighted by Crippen LogP contribution is 2.24. The van der Waals surface area contributed by atoms with Gasteiger partial charge >= 0.3 is 0 Å². The average Bonchev–Trinajstić information content (AvgIpc) is 2.19. The molecule has 84 valence electrons. The number of aryl methyl sites for hydroxylation is 1. The van der Waals surface area contributed by atoms with Gasteiger partial charge in [-0.25, -0.2) is 4.39 Å². The van der Waals surface area contributed by atoms with Crippen LogP contribution in [0.1, 0.15) is 25.0 Å². The molecule has 0 atom stereocenters. The number of thiol groups is 1. The van der Waals surface area contributed by atoms with Crippen LogP contribution < -0.4 is 5.32 Å². The maximum atomic E-state index is 13.1. The van der Waals surface area contributed by atoms with Crippen LogP contribution in [0.25, 0.3) is 0 Å². The van der Waals surface area contributed by atoms with Crippen molar-refractivity contribution < 1.29 is 4.39 Å². The Balaban J connectivity index is 2.89. The van der Waals surface area contributed by atoms with Crippen LogP contribution in [0.4, 0.5) is 4.39 Å². The van der Waals surface area contributed by atoms with Gasteiger partial charge in [0.2, 0.25) is 0 Å². The predicted octanol–water partition coefficient (Wildman–Crippen LogP) is 2.89. The zero-order valence-corrected chi connectivity index (χ0v) is 10.4. The summed E-state index contributed by atoms with van der Waals surface area (Å²) in [6.07, 6.45) is 0. The molecule has 1 aromatic rings. The molecule has 3 heteroatoms. The minimum atomic E-state index is -0.142. The number of hydrogen-bond donors (Lipinski definition) is 2. The molecule has 0 aliphatic heterocycles. The smallest absolute Gasteiger partial charge is 0.126 e. The van der Waals surface area contributed by atoms with Crippen molar-refractivity contribution in [3.8, 4) is 0 Å². The van der Waals surface area contributed by atoms with Crippen molar-refractivity contribution in [3.63, 3.8) is 0 Å². The Morgan fingerprint density at radius 2 is 2.07 bits per heavy atom. The van der Waals surface area contributed by atoms with Gasteiger partial charge in [0.25, 0.3) is 0 Å². The molecule has 0 spiro atoms. The van der Waals surface area contributed by atoms with Crippen molar-refractivity contribution in [2.75, 3.05) is 12.4 Å². The summed E-state index contributed by atoms with van der Waals surface area (Å²) in [5.41, 5.74) is 1.85. The molecule has 0 unspecified atom stereocenters. The molecule has 0 saturated carbocycles. The Labute approximate surface area is 96.5 Å². The van der Waals surface area contributed by atoms with E-state index in [-0.39, 0.29) is 11.2 Å². The van der Waals surface area contributed by atoms with Gasteiger partial charge in [0.15, 0.2) is 0 Å². The lowest BCUT2D eigenvalue weighted by atomic mass is 9.84. The molecule has 0 bridgehead atoms. The molecule has 1 nitrogen and oxygen atoms in total. The van der Waals surface area contributed by atoms with Gasteiger partial charge in [-0.1, -0.05) is 26.0 Å². The first-order valence-corrected chi connectivity index (χ1v) is 5.69. The fourth-order valence-electron chi connectivity index (χ4n) is 1.54. The quantitative estimate of drug-likeness (QED) is 0.595. The van der Waals surface area contributed by atoms with Crippen LogP contribution in [0.2, 0.25) is 0 Å². The normalized spacial score (nSPS) is 11.8. The molecule has 0 radical (unpaired) electrons. The summed E-state index contributed by atoms with van der Waals surface area (Å²) in [5, 5.41) is 3.19. The van der Waals surface area contributed by atoms with Crippen molar-refractivity contribution in [3.05, 3.63) is 35.1 Å². The molecule has 0 aliphatic rings. The van der Waals surface area contributed by atoms with Crippen molar-refractivity contribution in [1.29, 1.82) is 0 Å². The van der Waals surface area contributed by atoms with E-state index in [2.05, 4.69) is 31.8 Å². The molecular weight excluding hydrogens is 209 g/mol. The maximum absolute atomic E-state index is 13.1. The number of nitrogens with one attached hydrogen (secondary N) is 1. The minimum absolute atomic E-state index is 0.00118. The fraction of sp³-hybridized carbons (Fsp3) is 0.500. The summed E-state index contributed by atoms with van der Waals surface area (Å²) in [5.74, 6) is 0.514. The predicted molar refractivity (Wildman–Crippen MR) is 66.0 cm³/mol. The molecule has 1 aromatic carbocycles. The van der Waals surface area contributed by atoms with Gasteiger partial charge in [0.05, 0.1) is 0 Å². The first-order valence-electron chi connectivity index (χ1n) is 5.05. The molecule has 0 fully saturated rings. The van der Waals surface area contributed by atoms with Crippen LogP contribution in [0, 0.1) is 12.7 Å². The Morgan fingerprint density at radius 1 is 1.40 bits per heavy atom. The zero-order valence-electron chi connectivity index (χ0n) is 9.47. The largest absolute Gasteiger partial charge is 0.307 e. The number of hydrogen-bond acceptors (Lipinski definition) is 2. The SMILES string of the molecule is Cc1cc(C(C)(C)CNCS)ccc1F. The molecule has 0 aliphatic carbocycles. The van der Waals surface area contributed by atoms with Gasteiger partial charge in [-0.2, -0.15) is 12.6 Å². The van der Waals surface area contributed by atoms with Crippen LogP contribution in [-0.4, -0.2) is 12.4 Å². The maximum Gasteiger partial charge on any atom is 0.126 e. The van der Waals surface area contributed by atoms with E-state index >= 15 is 0 Å². The first-order chi connectivity index (χ1) is 6.97. The monoisotopic (exact) mass is 227 g/mol. The van der Waals surface area contributed by atoms with Crippen LogP contribution in [0.5, 0.6) is 0 Å². The summed E-state index contributed by atoms with van der Waals surface area (Å²) in [7, 11) is 0. The molecule has 0 heterocycles. The van der Waals surface area contributed by atoms with Crippen LogP contribution in [0.15, 0.2) is 18.2 Å². The Hall–Kier alpha value is -0.540. The molecule has 0 aromatic heterocycles. The molecule has 0 amide bonds. The van der Waals surface area contributed by atoms with Gasteiger partial charge in [-0.15, -0.1) is 0 Å². The molecule has 1 rings (SSSR count). The van der Waals surface area contributed by atoms with E-state index in [0.29, 0.717) is 11.4 Å². The Morgan fingerprint density at radius 3 is 2.60 bits per heavy atom. The third kappa shape index (κ3) is 3.21. The van der Waals surface area contributed by atoms with E-state index in [1.807, 2.05) is 12.1 Å². The summed E-state index contributed by atoms with van der Waals surface area (Å²) < 4.78 is 13.1. The molecule has 15 heavy (non-hydrogen) atoms. The number of benzene rings is 1. The number of halogens is 1. The summed E-state index contributed by atoms with van der Waals surface area (Å²) >= 11 is 4.11. The van der Waals surface area contributed by atoms with Gasteiger partial charge in [-0.3, -0.25) is 0 Å². The summed E-state index contributed by atoms with van der Waals surface area (Å²) in [4.78, 5) is 0. The van der Waals surface area contributed by atoms with Gasteiger partial charge < -0.3 is 5.32 Å². The molecule has 0 saturated heterocycles. The van der Waals surface area contributed by atoms with E-state index in [4.69, 9.17) is 0 Å². The van der Waals surface area contributed by atoms with E-state index in [1.165, 1.54) is 6.07 Å². The highest BCUT2D eigenvalue weighted by Gasteiger charge is 2.20. The Bertz CT molecular complexity index is 336. The second-order valence-corrected chi connectivity index (χ2v) is 4.75. The zero-order chi connectivity index (χ0) is 11.5. The lowest BCUT2D eigenvalue weighted by molar-refractivity contribution is 0.488. The van der Waals surface area contributed by atoms with Crippen molar-refractivity contribution in [1.82, 2.24) is 5.32 Å². The van der Waals surface area contributed by atoms with E-state index in [9.17, 15) is 4.39 Å². The van der Waals surface area contributed by atoms with Crippen molar-refractivity contribution in [2.24, 2.45) is 0 Å². The van der Waals surface area contributed by atoms with Gasteiger partial charge in [0.1, 0.15) is 5.82 Å². The van der Waals surface area contributed by atoms with Crippen molar-refractivity contribution >= 4 is 12.6 Å². The van der Waals surface area contributed by atoms with E-state index in [0.717, 1.165) is 12.1 Å².